The van der Waals surface area contributed by atoms with Crippen molar-refractivity contribution in [3.63, 3.8) is 0 Å². The van der Waals surface area contributed by atoms with E-state index in [2.05, 4.69) is 5.32 Å². The zero-order valence-corrected chi connectivity index (χ0v) is 10.6. The standard InChI is InChI=1S/C11H21N3O3/c1-8(10(15)16)13(2)11(17)14(3)9-4-6-12-7-5-9/h8-9,12H,4-7H2,1-3H3,(H,15,16). The van der Waals surface area contributed by atoms with Gasteiger partial charge in [0.1, 0.15) is 6.04 Å². The van der Waals surface area contributed by atoms with Crippen LogP contribution in [0.15, 0.2) is 0 Å². The minimum absolute atomic E-state index is 0.201. The number of nitrogens with zero attached hydrogens (tertiary/aromatic N) is 2. The second kappa shape index (κ2) is 5.86. The number of carboxylic acid groups (broad SMARTS) is 1. The number of nitrogens with one attached hydrogen (secondary N) is 1. The largest absolute Gasteiger partial charge is 0.480 e. The van der Waals surface area contributed by atoms with Gasteiger partial charge in [-0.2, -0.15) is 0 Å². The van der Waals surface area contributed by atoms with Gasteiger partial charge in [-0.1, -0.05) is 0 Å². The van der Waals surface area contributed by atoms with Crippen LogP contribution in [0.5, 0.6) is 0 Å². The fourth-order valence-corrected chi connectivity index (χ4v) is 1.93. The molecule has 98 valence electrons. The van der Waals surface area contributed by atoms with Crippen LogP contribution in [-0.2, 0) is 4.79 Å². The lowest BCUT2D eigenvalue weighted by molar-refractivity contribution is -0.141. The summed E-state index contributed by atoms with van der Waals surface area (Å²) in [5.41, 5.74) is 0. The van der Waals surface area contributed by atoms with E-state index in [9.17, 15) is 9.59 Å². The van der Waals surface area contributed by atoms with E-state index in [0.717, 1.165) is 25.9 Å². The number of amides is 2. The zero-order chi connectivity index (χ0) is 13.0. The van der Waals surface area contributed by atoms with Crippen molar-refractivity contribution in [3.8, 4) is 0 Å². The van der Waals surface area contributed by atoms with E-state index < -0.39 is 12.0 Å². The first-order chi connectivity index (χ1) is 7.95. The third-order valence-electron chi connectivity index (χ3n) is 3.40. The van der Waals surface area contributed by atoms with Crippen molar-refractivity contribution >= 4 is 12.0 Å². The van der Waals surface area contributed by atoms with Crippen LogP contribution in [-0.4, -0.2) is 66.2 Å². The lowest BCUT2D eigenvalue weighted by Gasteiger charge is -2.35. The Hall–Kier alpha value is -1.30. The van der Waals surface area contributed by atoms with E-state index in [1.165, 1.54) is 18.9 Å². The van der Waals surface area contributed by atoms with Crippen LogP contribution < -0.4 is 5.32 Å². The summed E-state index contributed by atoms with van der Waals surface area (Å²) in [4.78, 5) is 25.8. The molecule has 17 heavy (non-hydrogen) atoms. The quantitative estimate of drug-likeness (QED) is 0.742. The number of hydrogen-bond acceptors (Lipinski definition) is 3. The number of carbonyl (C=O) groups excluding carboxylic acids is 1. The van der Waals surface area contributed by atoms with Gasteiger partial charge in [-0.3, -0.25) is 0 Å². The minimum atomic E-state index is -0.987. The Morgan fingerprint density at radius 2 is 1.82 bits per heavy atom. The molecule has 2 amide bonds. The van der Waals surface area contributed by atoms with Crippen LogP contribution in [0, 0.1) is 0 Å². The van der Waals surface area contributed by atoms with Crippen LogP contribution in [0.4, 0.5) is 4.79 Å². The molecule has 1 aliphatic heterocycles. The van der Waals surface area contributed by atoms with E-state index in [1.54, 1.807) is 11.9 Å². The number of carbonyl (C=O) groups is 2. The summed E-state index contributed by atoms with van der Waals surface area (Å²) in [6.45, 7) is 3.32. The molecule has 1 unspecified atom stereocenters. The van der Waals surface area contributed by atoms with Crippen molar-refractivity contribution in [1.82, 2.24) is 15.1 Å². The molecule has 0 saturated carbocycles. The first-order valence-electron chi connectivity index (χ1n) is 5.88. The first kappa shape index (κ1) is 13.8. The van der Waals surface area contributed by atoms with E-state index in [1.807, 2.05) is 0 Å². The molecule has 1 heterocycles. The maximum Gasteiger partial charge on any atom is 0.326 e. The third kappa shape index (κ3) is 3.33. The van der Waals surface area contributed by atoms with Crippen molar-refractivity contribution in [2.24, 2.45) is 0 Å². The maximum absolute atomic E-state index is 12.1. The zero-order valence-electron chi connectivity index (χ0n) is 10.6. The molecule has 6 heteroatoms. The average Bonchev–Trinajstić information content (AvgIpc) is 2.36. The van der Waals surface area contributed by atoms with Gasteiger partial charge < -0.3 is 20.2 Å². The molecule has 6 nitrogen and oxygen atoms in total. The van der Waals surface area contributed by atoms with Crippen LogP contribution >= 0.6 is 0 Å². The molecule has 0 spiro atoms. The van der Waals surface area contributed by atoms with Crippen molar-refractivity contribution in [1.29, 1.82) is 0 Å². The smallest absolute Gasteiger partial charge is 0.326 e. The normalized spacial score (nSPS) is 18.5. The molecule has 0 aromatic heterocycles. The Balaban J connectivity index is 2.58. The number of hydrogen-bond donors (Lipinski definition) is 2. The van der Waals surface area contributed by atoms with Crippen LogP contribution in [0.3, 0.4) is 0 Å². The van der Waals surface area contributed by atoms with Crippen molar-refractivity contribution in [2.45, 2.75) is 31.8 Å². The topological polar surface area (TPSA) is 72.9 Å². The van der Waals surface area contributed by atoms with E-state index in [4.69, 9.17) is 5.11 Å². The highest BCUT2D eigenvalue weighted by atomic mass is 16.4. The number of likely N-dealkylation sites (N-methyl/N-ethyl adjacent to an activating group) is 1. The highest BCUT2D eigenvalue weighted by Gasteiger charge is 2.28. The van der Waals surface area contributed by atoms with Gasteiger partial charge in [-0.05, 0) is 32.9 Å². The average molecular weight is 243 g/mol. The van der Waals surface area contributed by atoms with Gasteiger partial charge >= 0.3 is 12.0 Å². The predicted octanol–water partition coefficient (Wildman–Crippen LogP) is 0.195. The summed E-state index contributed by atoms with van der Waals surface area (Å²) in [5, 5.41) is 12.1. The Labute approximate surface area is 102 Å². The van der Waals surface area contributed by atoms with Gasteiger partial charge in [0.2, 0.25) is 0 Å². The Kier molecular flexibility index (Phi) is 4.74. The van der Waals surface area contributed by atoms with Gasteiger partial charge in [0, 0.05) is 20.1 Å². The number of carboxylic acids is 1. The fourth-order valence-electron chi connectivity index (χ4n) is 1.93. The molecule has 0 aromatic rings. The van der Waals surface area contributed by atoms with E-state index in [0.29, 0.717) is 0 Å². The summed E-state index contributed by atoms with van der Waals surface area (Å²) in [5.74, 6) is -0.987. The molecule has 0 aromatic carbocycles. The van der Waals surface area contributed by atoms with Gasteiger partial charge in [0.15, 0.2) is 0 Å². The van der Waals surface area contributed by atoms with E-state index in [-0.39, 0.29) is 12.1 Å². The van der Waals surface area contributed by atoms with Gasteiger partial charge in [0.05, 0.1) is 0 Å². The molecule has 0 radical (unpaired) electrons. The van der Waals surface area contributed by atoms with Gasteiger partial charge in [0.25, 0.3) is 0 Å². The SMILES string of the molecule is CC(C(=O)O)N(C)C(=O)N(C)C1CCNCC1. The highest BCUT2D eigenvalue weighted by molar-refractivity contribution is 5.82. The van der Waals surface area contributed by atoms with E-state index >= 15 is 0 Å². The minimum Gasteiger partial charge on any atom is -0.480 e. The monoisotopic (exact) mass is 243 g/mol. The van der Waals surface area contributed by atoms with Crippen LogP contribution in [0.1, 0.15) is 19.8 Å². The van der Waals surface area contributed by atoms with Crippen LogP contribution in [0.2, 0.25) is 0 Å². The number of piperidine rings is 1. The van der Waals surface area contributed by atoms with Crippen LogP contribution in [0.25, 0.3) is 0 Å². The second-order valence-electron chi connectivity index (χ2n) is 4.50. The third-order valence-corrected chi connectivity index (χ3v) is 3.40. The summed E-state index contributed by atoms with van der Waals surface area (Å²) in [6.07, 6.45) is 1.83. The molecule has 1 atom stereocenters. The number of aliphatic carboxylic acids is 1. The molecule has 2 N–H and O–H groups in total. The first-order valence-corrected chi connectivity index (χ1v) is 5.88. The summed E-state index contributed by atoms with van der Waals surface area (Å²) >= 11 is 0. The molecule has 0 bridgehead atoms. The van der Waals surface area contributed by atoms with Crippen molar-refractivity contribution < 1.29 is 14.7 Å². The Bertz CT molecular complexity index is 290. The lowest BCUT2D eigenvalue weighted by atomic mass is 10.1. The predicted molar refractivity (Wildman–Crippen MR) is 63.9 cm³/mol. The van der Waals surface area contributed by atoms with Crippen molar-refractivity contribution in [2.75, 3.05) is 27.2 Å². The summed E-state index contributed by atoms with van der Waals surface area (Å²) in [6, 6.07) is -0.828. The van der Waals surface area contributed by atoms with Crippen molar-refractivity contribution in [3.05, 3.63) is 0 Å². The second-order valence-corrected chi connectivity index (χ2v) is 4.50. The molecule has 1 fully saturated rings. The highest BCUT2D eigenvalue weighted by Crippen LogP contribution is 2.12. The summed E-state index contributed by atoms with van der Waals surface area (Å²) < 4.78 is 0. The molecule has 1 rings (SSSR count). The number of rotatable bonds is 3. The molecular formula is C11H21N3O3. The Morgan fingerprint density at radius 3 is 2.29 bits per heavy atom. The number of urea groups is 1. The molecule has 0 aliphatic carbocycles. The fraction of sp³-hybridized carbons (Fsp3) is 0.818. The molecule has 1 aliphatic rings. The summed E-state index contributed by atoms with van der Waals surface area (Å²) in [7, 11) is 3.27. The molecule has 1 saturated heterocycles. The molecular weight excluding hydrogens is 222 g/mol. The maximum atomic E-state index is 12.1. The Morgan fingerprint density at radius 1 is 1.29 bits per heavy atom. The van der Waals surface area contributed by atoms with Gasteiger partial charge in [-0.15, -0.1) is 0 Å². The lowest BCUT2D eigenvalue weighted by Crippen LogP contribution is -2.51. The van der Waals surface area contributed by atoms with Gasteiger partial charge in [-0.25, -0.2) is 9.59 Å².